The normalized spacial score (nSPS) is 10.4. The number of hydrogen-bond donors (Lipinski definition) is 1. The third-order valence-electron chi connectivity index (χ3n) is 2.32. The number of anilines is 2. The van der Waals surface area contributed by atoms with Gasteiger partial charge in [-0.25, -0.2) is 0 Å². The fourth-order valence-electron chi connectivity index (χ4n) is 1.47. The number of rotatable bonds is 4. The van der Waals surface area contributed by atoms with Gasteiger partial charge in [0, 0.05) is 33.9 Å². The Balaban J connectivity index is 2.45. The first-order chi connectivity index (χ1) is 8.60. The van der Waals surface area contributed by atoms with Crippen LogP contribution in [0.15, 0.2) is 12.4 Å². The summed E-state index contributed by atoms with van der Waals surface area (Å²) in [6.07, 6.45) is 3.62. The molecule has 0 spiro atoms. The van der Waals surface area contributed by atoms with Crippen LogP contribution in [0.5, 0.6) is 0 Å². The zero-order chi connectivity index (χ0) is 13.1. The molecule has 0 saturated heterocycles. The fraction of sp³-hybridized carbons (Fsp3) is 0.455. The van der Waals surface area contributed by atoms with Gasteiger partial charge in [-0.15, -0.1) is 0 Å². The fourth-order valence-corrected chi connectivity index (χ4v) is 1.47. The van der Waals surface area contributed by atoms with Gasteiger partial charge < -0.3 is 10.2 Å². The van der Waals surface area contributed by atoms with Gasteiger partial charge in [-0.05, 0) is 6.92 Å². The smallest absolute Gasteiger partial charge is 0.230 e. The lowest BCUT2D eigenvalue weighted by Crippen LogP contribution is -2.15. The number of nitrogens with zero attached hydrogens (tertiary/aromatic N) is 6. The van der Waals surface area contributed by atoms with Gasteiger partial charge >= 0.3 is 0 Å². The molecule has 0 aliphatic carbocycles. The summed E-state index contributed by atoms with van der Waals surface area (Å²) in [6.45, 7) is 2.77. The summed E-state index contributed by atoms with van der Waals surface area (Å²) in [5.74, 6) is 1.83. The standard InChI is InChI=1S/C11H17N7/c1-5-12-10-14-9(8-6-13-18(4)7-8)15-11(16-10)17(2)3/h6-7H,5H2,1-4H3,(H,12,14,15,16). The zero-order valence-electron chi connectivity index (χ0n) is 11.0. The summed E-state index contributed by atoms with van der Waals surface area (Å²) >= 11 is 0. The monoisotopic (exact) mass is 247 g/mol. The molecule has 0 radical (unpaired) electrons. The number of nitrogens with one attached hydrogen (secondary N) is 1. The molecule has 0 unspecified atom stereocenters. The molecule has 0 aliphatic rings. The molecule has 1 N–H and O–H groups in total. The molecule has 0 saturated carbocycles. The van der Waals surface area contributed by atoms with Gasteiger partial charge in [0.05, 0.1) is 11.8 Å². The van der Waals surface area contributed by atoms with Crippen LogP contribution in [-0.4, -0.2) is 45.4 Å². The van der Waals surface area contributed by atoms with E-state index in [9.17, 15) is 0 Å². The van der Waals surface area contributed by atoms with Crippen molar-refractivity contribution >= 4 is 11.9 Å². The van der Waals surface area contributed by atoms with E-state index >= 15 is 0 Å². The van der Waals surface area contributed by atoms with E-state index in [1.807, 2.05) is 39.2 Å². The number of aryl methyl sites for hydroxylation is 1. The number of hydrogen-bond acceptors (Lipinski definition) is 6. The molecule has 2 rings (SSSR count). The molecule has 0 amide bonds. The molecule has 18 heavy (non-hydrogen) atoms. The predicted molar refractivity (Wildman–Crippen MR) is 70.5 cm³/mol. The summed E-state index contributed by atoms with van der Waals surface area (Å²) in [6, 6.07) is 0. The van der Waals surface area contributed by atoms with E-state index in [0.717, 1.165) is 12.1 Å². The van der Waals surface area contributed by atoms with Gasteiger partial charge in [-0.1, -0.05) is 0 Å². The Morgan fingerprint density at radius 1 is 1.28 bits per heavy atom. The predicted octanol–water partition coefficient (Wildman–Crippen LogP) is 0.770. The maximum absolute atomic E-state index is 4.41. The van der Waals surface area contributed by atoms with Crippen molar-refractivity contribution in [2.75, 3.05) is 30.9 Å². The molecular weight excluding hydrogens is 230 g/mol. The summed E-state index contributed by atoms with van der Waals surface area (Å²) in [7, 11) is 5.67. The molecule has 0 aliphatic heterocycles. The maximum atomic E-state index is 4.41. The third kappa shape index (κ3) is 2.55. The lowest BCUT2D eigenvalue weighted by atomic mass is 10.3. The van der Waals surface area contributed by atoms with Crippen LogP contribution in [0, 0.1) is 0 Å². The second-order valence-electron chi connectivity index (χ2n) is 4.11. The van der Waals surface area contributed by atoms with Gasteiger partial charge in [-0.2, -0.15) is 20.1 Å². The first kappa shape index (κ1) is 12.3. The highest BCUT2D eigenvalue weighted by molar-refractivity contribution is 5.56. The van der Waals surface area contributed by atoms with E-state index in [0.29, 0.717) is 17.7 Å². The summed E-state index contributed by atoms with van der Waals surface area (Å²) < 4.78 is 1.72. The van der Waals surface area contributed by atoms with Crippen LogP contribution in [0.3, 0.4) is 0 Å². The van der Waals surface area contributed by atoms with Crippen molar-refractivity contribution in [3.63, 3.8) is 0 Å². The molecule has 0 fully saturated rings. The molecular formula is C11H17N7. The molecule has 2 aromatic rings. The van der Waals surface area contributed by atoms with E-state index < -0.39 is 0 Å². The Morgan fingerprint density at radius 3 is 2.61 bits per heavy atom. The molecule has 7 heteroatoms. The summed E-state index contributed by atoms with van der Waals surface area (Å²) in [5, 5.41) is 7.23. The quantitative estimate of drug-likeness (QED) is 0.860. The van der Waals surface area contributed by atoms with Crippen LogP contribution in [0.4, 0.5) is 11.9 Å². The van der Waals surface area contributed by atoms with Crippen molar-refractivity contribution in [1.29, 1.82) is 0 Å². The third-order valence-corrected chi connectivity index (χ3v) is 2.32. The van der Waals surface area contributed by atoms with Crippen molar-refractivity contribution in [2.45, 2.75) is 6.92 Å². The molecule has 7 nitrogen and oxygen atoms in total. The van der Waals surface area contributed by atoms with Crippen LogP contribution in [-0.2, 0) is 7.05 Å². The lowest BCUT2D eigenvalue weighted by Gasteiger charge is -2.12. The van der Waals surface area contributed by atoms with Gasteiger partial charge in [0.15, 0.2) is 5.82 Å². The Kier molecular flexibility index (Phi) is 3.40. The maximum Gasteiger partial charge on any atom is 0.230 e. The van der Waals surface area contributed by atoms with E-state index in [-0.39, 0.29) is 0 Å². The van der Waals surface area contributed by atoms with Crippen molar-refractivity contribution in [3.05, 3.63) is 12.4 Å². The van der Waals surface area contributed by atoms with E-state index in [1.165, 1.54) is 0 Å². The molecule has 2 aromatic heterocycles. The van der Waals surface area contributed by atoms with Gasteiger partial charge in [0.1, 0.15) is 0 Å². The molecule has 96 valence electrons. The minimum atomic E-state index is 0.579. The van der Waals surface area contributed by atoms with Gasteiger partial charge in [0.25, 0.3) is 0 Å². The summed E-state index contributed by atoms with van der Waals surface area (Å²) in [4.78, 5) is 15.0. The van der Waals surface area contributed by atoms with Gasteiger partial charge in [0.2, 0.25) is 11.9 Å². The highest BCUT2D eigenvalue weighted by Crippen LogP contribution is 2.17. The Bertz CT molecular complexity index is 532. The van der Waals surface area contributed by atoms with Crippen molar-refractivity contribution in [3.8, 4) is 11.4 Å². The SMILES string of the molecule is CCNc1nc(-c2cnn(C)c2)nc(N(C)C)n1. The minimum Gasteiger partial charge on any atom is -0.354 e. The van der Waals surface area contributed by atoms with Crippen LogP contribution in [0.2, 0.25) is 0 Å². The van der Waals surface area contributed by atoms with E-state index in [4.69, 9.17) is 0 Å². The Morgan fingerprint density at radius 2 is 2.06 bits per heavy atom. The summed E-state index contributed by atoms with van der Waals surface area (Å²) in [5.41, 5.74) is 0.877. The molecule has 0 atom stereocenters. The van der Waals surface area contributed by atoms with Crippen LogP contribution >= 0.6 is 0 Å². The molecule has 2 heterocycles. The Hall–Kier alpha value is -2.18. The van der Waals surface area contributed by atoms with Crippen molar-refractivity contribution in [1.82, 2.24) is 24.7 Å². The largest absolute Gasteiger partial charge is 0.354 e. The van der Waals surface area contributed by atoms with E-state index in [1.54, 1.807) is 10.9 Å². The lowest BCUT2D eigenvalue weighted by molar-refractivity contribution is 0.768. The Labute approximate surface area is 106 Å². The topological polar surface area (TPSA) is 71.8 Å². The van der Waals surface area contributed by atoms with E-state index in [2.05, 4.69) is 25.4 Å². The highest BCUT2D eigenvalue weighted by Gasteiger charge is 2.10. The average Bonchev–Trinajstić information content (AvgIpc) is 2.76. The zero-order valence-corrected chi connectivity index (χ0v) is 11.0. The molecule has 0 bridgehead atoms. The van der Waals surface area contributed by atoms with Crippen LogP contribution in [0.1, 0.15) is 6.92 Å². The van der Waals surface area contributed by atoms with Gasteiger partial charge in [-0.3, -0.25) is 4.68 Å². The van der Waals surface area contributed by atoms with Crippen LogP contribution in [0.25, 0.3) is 11.4 Å². The minimum absolute atomic E-state index is 0.579. The van der Waals surface area contributed by atoms with Crippen molar-refractivity contribution in [2.24, 2.45) is 7.05 Å². The first-order valence-corrected chi connectivity index (χ1v) is 5.76. The first-order valence-electron chi connectivity index (χ1n) is 5.76. The number of aromatic nitrogens is 5. The van der Waals surface area contributed by atoms with Crippen molar-refractivity contribution < 1.29 is 0 Å². The molecule has 0 aromatic carbocycles. The highest BCUT2D eigenvalue weighted by atomic mass is 15.3. The second-order valence-corrected chi connectivity index (χ2v) is 4.11. The second kappa shape index (κ2) is 4.99. The van der Waals surface area contributed by atoms with Crippen LogP contribution < -0.4 is 10.2 Å². The average molecular weight is 247 g/mol.